The quantitative estimate of drug-likeness (QED) is 0.823. The highest BCUT2D eigenvalue weighted by Gasteiger charge is 2.22. The van der Waals surface area contributed by atoms with Gasteiger partial charge < -0.3 is 15.7 Å². The fourth-order valence-electron chi connectivity index (χ4n) is 2.13. The van der Waals surface area contributed by atoms with Crippen molar-refractivity contribution in [2.45, 2.75) is 25.5 Å². The Labute approximate surface area is 98.8 Å². The van der Waals surface area contributed by atoms with Crippen molar-refractivity contribution in [2.75, 3.05) is 18.0 Å². The Morgan fingerprint density at radius 1 is 1.24 bits per heavy atom. The van der Waals surface area contributed by atoms with Gasteiger partial charge in [0.25, 0.3) is 0 Å². The van der Waals surface area contributed by atoms with E-state index in [1.807, 2.05) is 0 Å². The molecule has 3 nitrogen and oxygen atoms in total. The largest absolute Gasteiger partial charge is 0.393 e. The molecule has 94 valence electrons. The van der Waals surface area contributed by atoms with Crippen molar-refractivity contribution in [3.8, 4) is 0 Å². The van der Waals surface area contributed by atoms with E-state index >= 15 is 0 Å². The van der Waals surface area contributed by atoms with Crippen molar-refractivity contribution in [3.05, 3.63) is 29.3 Å². The fraction of sp³-hybridized carbons (Fsp3) is 0.500. The molecule has 1 aliphatic rings. The first-order valence-corrected chi connectivity index (χ1v) is 5.73. The van der Waals surface area contributed by atoms with Crippen molar-refractivity contribution in [2.24, 2.45) is 5.73 Å². The third-order valence-electron chi connectivity index (χ3n) is 3.09. The predicted molar refractivity (Wildman–Crippen MR) is 61.7 cm³/mol. The van der Waals surface area contributed by atoms with Crippen LogP contribution >= 0.6 is 0 Å². The van der Waals surface area contributed by atoms with Crippen LogP contribution in [-0.4, -0.2) is 24.3 Å². The van der Waals surface area contributed by atoms with Crippen LogP contribution < -0.4 is 10.6 Å². The first kappa shape index (κ1) is 12.3. The van der Waals surface area contributed by atoms with Gasteiger partial charge in [0.05, 0.1) is 6.10 Å². The Kier molecular flexibility index (Phi) is 3.59. The molecule has 17 heavy (non-hydrogen) atoms. The molecule has 0 aromatic heterocycles. The number of nitrogens with zero attached hydrogens (tertiary/aromatic N) is 1. The van der Waals surface area contributed by atoms with E-state index in [1.54, 1.807) is 4.90 Å². The molecule has 1 heterocycles. The third-order valence-corrected chi connectivity index (χ3v) is 3.09. The van der Waals surface area contributed by atoms with Crippen molar-refractivity contribution >= 4 is 5.69 Å². The maximum absolute atomic E-state index is 13.8. The van der Waals surface area contributed by atoms with Gasteiger partial charge in [0.1, 0.15) is 17.3 Å². The van der Waals surface area contributed by atoms with E-state index in [4.69, 9.17) is 5.73 Å². The minimum Gasteiger partial charge on any atom is -0.393 e. The minimum absolute atomic E-state index is 0.00546. The molecule has 2 rings (SSSR count). The van der Waals surface area contributed by atoms with Crippen LogP contribution in [0.2, 0.25) is 0 Å². The molecule has 0 aliphatic carbocycles. The van der Waals surface area contributed by atoms with Gasteiger partial charge in [0, 0.05) is 19.6 Å². The summed E-state index contributed by atoms with van der Waals surface area (Å²) in [6.07, 6.45) is 0.718. The zero-order valence-corrected chi connectivity index (χ0v) is 9.50. The standard InChI is InChI=1S/C12H16F2N2O/c13-10-5-8(7-15)6-11(14)12(10)16-3-1-9(17)2-4-16/h5-6,9,17H,1-4,7,15H2. The number of hydrogen-bond acceptors (Lipinski definition) is 3. The Morgan fingerprint density at radius 3 is 2.24 bits per heavy atom. The van der Waals surface area contributed by atoms with Crippen LogP contribution in [0.3, 0.4) is 0 Å². The highest BCUT2D eigenvalue weighted by molar-refractivity contribution is 5.51. The number of nitrogens with two attached hydrogens (primary N) is 1. The van der Waals surface area contributed by atoms with E-state index in [9.17, 15) is 13.9 Å². The summed E-state index contributed by atoms with van der Waals surface area (Å²) in [5, 5.41) is 9.36. The second-order valence-corrected chi connectivity index (χ2v) is 4.33. The summed E-state index contributed by atoms with van der Waals surface area (Å²) in [5.74, 6) is -1.16. The Balaban J connectivity index is 2.26. The molecular weight excluding hydrogens is 226 g/mol. The highest BCUT2D eigenvalue weighted by Crippen LogP contribution is 2.27. The van der Waals surface area contributed by atoms with Gasteiger partial charge in [-0.3, -0.25) is 0 Å². The smallest absolute Gasteiger partial charge is 0.149 e. The average Bonchev–Trinajstić information content (AvgIpc) is 2.30. The molecule has 0 atom stereocenters. The van der Waals surface area contributed by atoms with Crippen molar-refractivity contribution < 1.29 is 13.9 Å². The predicted octanol–water partition coefficient (Wildman–Crippen LogP) is 1.38. The minimum atomic E-state index is -0.582. The van der Waals surface area contributed by atoms with Crippen LogP contribution in [0, 0.1) is 11.6 Å². The molecule has 5 heteroatoms. The Bertz CT molecular complexity index is 380. The maximum Gasteiger partial charge on any atom is 0.149 e. The van der Waals surface area contributed by atoms with E-state index < -0.39 is 11.6 Å². The third kappa shape index (κ3) is 2.56. The summed E-state index contributed by atoms with van der Waals surface area (Å²) in [7, 11) is 0. The molecule has 0 bridgehead atoms. The van der Waals surface area contributed by atoms with Crippen molar-refractivity contribution in [1.82, 2.24) is 0 Å². The van der Waals surface area contributed by atoms with Gasteiger partial charge >= 0.3 is 0 Å². The summed E-state index contributed by atoms with van der Waals surface area (Å²) >= 11 is 0. The van der Waals surface area contributed by atoms with Crippen LogP contribution in [0.15, 0.2) is 12.1 Å². The average molecular weight is 242 g/mol. The first-order valence-electron chi connectivity index (χ1n) is 5.73. The number of anilines is 1. The fourth-order valence-corrected chi connectivity index (χ4v) is 2.13. The topological polar surface area (TPSA) is 49.5 Å². The lowest BCUT2D eigenvalue weighted by molar-refractivity contribution is 0.145. The molecule has 0 spiro atoms. The molecule has 1 aromatic carbocycles. The van der Waals surface area contributed by atoms with E-state index in [1.165, 1.54) is 12.1 Å². The van der Waals surface area contributed by atoms with E-state index in [0.717, 1.165) is 0 Å². The molecule has 1 aromatic rings. The summed E-state index contributed by atoms with van der Waals surface area (Å²) in [6, 6.07) is 2.53. The zero-order chi connectivity index (χ0) is 12.4. The lowest BCUT2D eigenvalue weighted by Gasteiger charge is -2.32. The lowest BCUT2D eigenvalue weighted by Crippen LogP contribution is -2.36. The SMILES string of the molecule is NCc1cc(F)c(N2CCC(O)CC2)c(F)c1. The molecule has 0 unspecified atom stereocenters. The molecule has 1 aliphatic heterocycles. The second-order valence-electron chi connectivity index (χ2n) is 4.33. The van der Waals surface area contributed by atoms with Gasteiger partial charge in [-0.05, 0) is 30.5 Å². The van der Waals surface area contributed by atoms with Gasteiger partial charge in [-0.25, -0.2) is 8.78 Å². The van der Waals surface area contributed by atoms with Crippen LogP contribution in [0.4, 0.5) is 14.5 Å². The molecule has 0 amide bonds. The number of piperidine rings is 1. The number of benzene rings is 1. The van der Waals surface area contributed by atoms with E-state index in [0.29, 0.717) is 31.5 Å². The molecule has 1 saturated heterocycles. The molecular formula is C12H16F2N2O. The molecule has 0 radical (unpaired) electrons. The number of hydrogen-bond donors (Lipinski definition) is 2. The number of rotatable bonds is 2. The van der Waals surface area contributed by atoms with Crippen LogP contribution in [0.25, 0.3) is 0 Å². The number of aliphatic hydroxyl groups excluding tert-OH is 1. The summed E-state index contributed by atoms with van der Waals surface area (Å²) in [4.78, 5) is 1.64. The van der Waals surface area contributed by atoms with Gasteiger partial charge in [0.15, 0.2) is 0 Å². The summed E-state index contributed by atoms with van der Waals surface area (Å²) < 4.78 is 27.6. The summed E-state index contributed by atoms with van der Waals surface area (Å²) in [6.45, 7) is 1.06. The molecule has 0 saturated carbocycles. The zero-order valence-electron chi connectivity index (χ0n) is 9.50. The molecule has 3 N–H and O–H groups in total. The van der Waals surface area contributed by atoms with Crippen LogP contribution in [-0.2, 0) is 6.54 Å². The van der Waals surface area contributed by atoms with Gasteiger partial charge in [-0.15, -0.1) is 0 Å². The lowest BCUT2D eigenvalue weighted by atomic mass is 10.1. The maximum atomic E-state index is 13.8. The number of aliphatic hydroxyl groups is 1. The van der Waals surface area contributed by atoms with Crippen molar-refractivity contribution in [1.29, 1.82) is 0 Å². The molecule has 1 fully saturated rings. The summed E-state index contributed by atoms with van der Waals surface area (Å²) in [5.41, 5.74) is 5.79. The first-order chi connectivity index (χ1) is 8.11. The van der Waals surface area contributed by atoms with E-state index in [-0.39, 0.29) is 18.3 Å². The normalized spacial score (nSPS) is 17.5. The van der Waals surface area contributed by atoms with Crippen LogP contribution in [0.1, 0.15) is 18.4 Å². The Hall–Kier alpha value is -1.20. The number of halogens is 2. The van der Waals surface area contributed by atoms with Crippen molar-refractivity contribution in [3.63, 3.8) is 0 Å². The monoisotopic (exact) mass is 242 g/mol. The van der Waals surface area contributed by atoms with E-state index in [2.05, 4.69) is 0 Å². The van der Waals surface area contributed by atoms with Gasteiger partial charge in [-0.1, -0.05) is 0 Å². The second kappa shape index (κ2) is 4.98. The van der Waals surface area contributed by atoms with Gasteiger partial charge in [0.2, 0.25) is 0 Å². The highest BCUT2D eigenvalue weighted by atomic mass is 19.1. The van der Waals surface area contributed by atoms with Crippen LogP contribution in [0.5, 0.6) is 0 Å². The Morgan fingerprint density at radius 2 is 1.76 bits per heavy atom. The van der Waals surface area contributed by atoms with Gasteiger partial charge in [-0.2, -0.15) is 0 Å².